The number of rotatable bonds is 3. The van der Waals surface area contributed by atoms with Crippen molar-refractivity contribution in [3.63, 3.8) is 0 Å². The van der Waals surface area contributed by atoms with Crippen LogP contribution in [-0.4, -0.2) is 22.0 Å². The van der Waals surface area contributed by atoms with Crippen LogP contribution in [-0.2, 0) is 0 Å². The number of nitro groups is 1. The standard InChI is InChI=1S/C15H11N3O3/c1-21-13-3-2-12(18(19)20)14-11(6-9-17-15(13)14)10-4-7-16-8-5-10/h2-9H,1H3. The Morgan fingerprint density at radius 2 is 1.86 bits per heavy atom. The van der Waals surface area contributed by atoms with Crippen molar-refractivity contribution in [2.45, 2.75) is 0 Å². The van der Waals surface area contributed by atoms with Crippen molar-refractivity contribution in [1.82, 2.24) is 9.97 Å². The van der Waals surface area contributed by atoms with E-state index in [1.807, 2.05) is 0 Å². The van der Waals surface area contributed by atoms with Gasteiger partial charge in [0.05, 0.1) is 17.4 Å². The quantitative estimate of drug-likeness (QED) is 0.544. The van der Waals surface area contributed by atoms with Gasteiger partial charge in [0.25, 0.3) is 5.69 Å². The summed E-state index contributed by atoms with van der Waals surface area (Å²) in [4.78, 5) is 19.1. The van der Waals surface area contributed by atoms with Crippen LogP contribution in [0.25, 0.3) is 22.0 Å². The summed E-state index contributed by atoms with van der Waals surface area (Å²) in [5, 5.41) is 11.8. The Labute approximate surface area is 120 Å². The Balaban J connectivity index is 2.43. The van der Waals surface area contributed by atoms with Crippen LogP contribution in [0.2, 0.25) is 0 Å². The molecule has 0 unspecified atom stereocenters. The summed E-state index contributed by atoms with van der Waals surface area (Å²) in [5.74, 6) is 0.506. The molecule has 0 saturated heterocycles. The van der Waals surface area contributed by atoms with Gasteiger partial charge in [-0.25, -0.2) is 0 Å². The number of methoxy groups -OCH3 is 1. The van der Waals surface area contributed by atoms with Gasteiger partial charge in [-0.15, -0.1) is 0 Å². The first-order valence-electron chi connectivity index (χ1n) is 6.23. The summed E-state index contributed by atoms with van der Waals surface area (Å²) in [6, 6.07) is 8.36. The van der Waals surface area contributed by atoms with Gasteiger partial charge in [-0.3, -0.25) is 20.1 Å². The zero-order valence-corrected chi connectivity index (χ0v) is 11.2. The minimum Gasteiger partial charge on any atom is -0.494 e. The summed E-state index contributed by atoms with van der Waals surface area (Å²) >= 11 is 0. The Morgan fingerprint density at radius 3 is 2.52 bits per heavy atom. The lowest BCUT2D eigenvalue weighted by Gasteiger charge is -2.09. The van der Waals surface area contributed by atoms with E-state index in [0.717, 1.165) is 11.1 Å². The maximum Gasteiger partial charge on any atom is 0.279 e. The second-order valence-corrected chi connectivity index (χ2v) is 4.36. The number of hydrogen-bond donors (Lipinski definition) is 0. The number of aromatic nitrogens is 2. The molecule has 21 heavy (non-hydrogen) atoms. The van der Waals surface area contributed by atoms with Gasteiger partial charge in [-0.1, -0.05) is 0 Å². The monoisotopic (exact) mass is 281 g/mol. The van der Waals surface area contributed by atoms with E-state index in [1.54, 1.807) is 42.9 Å². The van der Waals surface area contributed by atoms with E-state index in [4.69, 9.17) is 4.74 Å². The van der Waals surface area contributed by atoms with Gasteiger partial charge < -0.3 is 4.74 Å². The molecule has 6 nitrogen and oxygen atoms in total. The summed E-state index contributed by atoms with van der Waals surface area (Å²) in [6.45, 7) is 0. The highest BCUT2D eigenvalue weighted by atomic mass is 16.6. The van der Waals surface area contributed by atoms with Gasteiger partial charge in [0, 0.05) is 24.7 Å². The van der Waals surface area contributed by atoms with Crippen molar-refractivity contribution in [3.05, 3.63) is 59.0 Å². The first kappa shape index (κ1) is 13.0. The second-order valence-electron chi connectivity index (χ2n) is 4.36. The van der Waals surface area contributed by atoms with Crippen molar-refractivity contribution in [1.29, 1.82) is 0 Å². The van der Waals surface area contributed by atoms with Gasteiger partial charge in [0.1, 0.15) is 11.3 Å². The maximum absolute atomic E-state index is 11.3. The van der Waals surface area contributed by atoms with Crippen LogP contribution in [0, 0.1) is 10.1 Å². The topological polar surface area (TPSA) is 78.2 Å². The van der Waals surface area contributed by atoms with Crippen LogP contribution in [0.4, 0.5) is 5.69 Å². The molecule has 3 aromatic rings. The number of ether oxygens (including phenoxy) is 1. The molecule has 6 heteroatoms. The molecular formula is C15H11N3O3. The minimum atomic E-state index is -0.409. The number of hydrogen-bond acceptors (Lipinski definition) is 5. The lowest BCUT2D eigenvalue weighted by molar-refractivity contribution is -0.383. The highest BCUT2D eigenvalue weighted by Crippen LogP contribution is 2.37. The molecule has 0 amide bonds. The van der Waals surface area contributed by atoms with Crippen LogP contribution in [0.5, 0.6) is 5.75 Å². The third-order valence-corrected chi connectivity index (χ3v) is 3.24. The average Bonchev–Trinajstić information content (AvgIpc) is 2.53. The number of nitro benzene ring substituents is 1. The molecule has 3 rings (SSSR count). The smallest absolute Gasteiger partial charge is 0.279 e. The molecule has 0 aliphatic rings. The minimum absolute atomic E-state index is 0.00529. The lowest BCUT2D eigenvalue weighted by Crippen LogP contribution is -1.95. The number of fused-ring (bicyclic) bond motifs is 1. The number of nitrogens with zero attached hydrogens (tertiary/aromatic N) is 3. The van der Waals surface area contributed by atoms with Crippen LogP contribution >= 0.6 is 0 Å². The van der Waals surface area contributed by atoms with Crippen LogP contribution in [0.15, 0.2) is 48.9 Å². The molecule has 1 aromatic carbocycles. The van der Waals surface area contributed by atoms with Crippen LogP contribution in [0.1, 0.15) is 0 Å². The SMILES string of the molecule is COc1ccc([N+](=O)[O-])c2c(-c3ccncc3)ccnc12. The highest BCUT2D eigenvalue weighted by Gasteiger charge is 2.19. The summed E-state index contributed by atoms with van der Waals surface area (Å²) in [6.07, 6.45) is 4.91. The van der Waals surface area contributed by atoms with Gasteiger partial charge in [-0.2, -0.15) is 0 Å². The molecule has 104 valence electrons. The molecule has 0 aliphatic carbocycles. The Morgan fingerprint density at radius 1 is 1.10 bits per heavy atom. The van der Waals surface area contributed by atoms with E-state index >= 15 is 0 Å². The molecule has 0 spiro atoms. The van der Waals surface area contributed by atoms with Crippen molar-refractivity contribution in [3.8, 4) is 16.9 Å². The van der Waals surface area contributed by atoms with Gasteiger partial charge >= 0.3 is 0 Å². The fourth-order valence-electron chi connectivity index (χ4n) is 2.31. The van der Waals surface area contributed by atoms with E-state index in [1.165, 1.54) is 13.2 Å². The van der Waals surface area contributed by atoms with Crippen molar-refractivity contribution in [2.24, 2.45) is 0 Å². The summed E-state index contributed by atoms with van der Waals surface area (Å²) < 4.78 is 5.26. The fourth-order valence-corrected chi connectivity index (χ4v) is 2.31. The number of pyridine rings is 2. The van der Waals surface area contributed by atoms with Crippen molar-refractivity contribution >= 4 is 16.6 Å². The average molecular weight is 281 g/mol. The Kier molecular flexibility index (Phi) is 3.19. The number of benzene rings is 1. The fraction of sp³-hybridized carbons (Fsp3) is 0.0667. The highest BCUT2D eigenvalue weighted by molar-refractivity contribution is 6.03. The molecule has 2 heterocycles. The predicted molar refractivity (Wildman–Crippen MR) is 78.2 cm³/mol. The first-order chi connectivity index (χ1) is 10.2. The third-order valence-electron chi connectivity index (χ3n) is 3.24. The summed E-state index contributed by atoms with van der Waals surface area (Å²) in [5.41, 5.74) is 2.05. The lowest BCUT2D eigenvalue weighted by atomic mass is 10.0. The molecule has 2 aromatic heterocycles. The molecule has 0 aliphatic heterocycles. The molecule has 0 N–H and O–H groups in total. The van der Waals surface area contributed by atoms with Gasteiger partial charge in [0.2, 0.25) is 0 Å². The Hall–Kier alpha value is -3.02. The molecule has 0 saturated carbocycles. The van der Waals surface area contributed by atoms with E-state index in [0.29, 0.717) is 16.7 Å². The van der Waals surface area contributed by atoms with Crippen LogP contribution < -0.4 is 4.74 Å². The van der Waals surface area contributed by atoms with Crippen molar-refractivity contribution in [2.75, 3.05) is 7.11 Å². The molecule has 0 radical (unpaired) electrons. The van der Waals surface area contributed by atoms with E-state index in [2.05, 4.69) is 9.97 Å². The van der Waals surface area contributed by atoms with E-state index in [-0.39, 0.29) is 5.69 Å². The van der Waals surface area contributed by atoms with E-state index < -0.39 is 4.92 Å². The zero-order valence-electron chi connectivity index (χ0n) is 11.2. The maximum atomic E-state index is 11.3. The predicted octanol–water partition coefficient (Wildman–Crippen LogP) is 3.21. The molecule has 0 atom stereocenters. The number of non-ortho nitro benzene ring substituents is 1. The van der Waals surface area contributed by atoms with Crippen LogP contribution in [0.3, 0.4) is 0 Å². The normalized spacial score (nSPS) is 10.5. The molecule has 0 fully saturated rings. The first-order valence-corrected chi connectivity index (χ1v) is 6.23. The van der Waals surface area contributed by atoms with Gasteiger partial charge in [0.15, 0.2) is 0 Å². The molecular weight excluding hydrogens is 270 g/mol. The molecule has 0 bridgehead atoms. The largest absolute Gasteiger partial charge is 0.494 e. The zero-order chi connectivity index (χ0) is 14.8. The Bertz CT molecular complexity index is 819. The van der Waals surface area contributed by atoms with Gasteiger partial charge in [-0.05, 0) is 35.4 Å². The summed E-state index contributed by atoms with van der Waals surface area (Å²) in [7, 11) is 1.52. The van der Waals surface area contributed by atoms with Crippen molar-refractivity contribution < 1.29 is 9.66 Å². The third kappa shape index (κ3) is 2.16. The second kappa shape index (κ2) is 5.16. The van der Waals surface area contributed by atoms with E-state index in [9.17, 15) is 10.1 Å².